The molecule has 4 rings (SSSR count). The zero-order valence-corrected chi connectivity index (χ0v) is 18.2. The number of hydrogen-bond acceptors (Lipinski definition) is 4. The summed E-state index contributed by atoms with van der Waals surface area (Å²) in [6.07, 6.45) is 5.51. The maximum absolute atomic E-state index is 13.4. The molecule has 2 heterocycles. The third kappa shape index (κ3) is 4.01. The Bertz CT molecular complexity index is 917. The van der Waals surface area contributed by atoms with Crippen LogP contribution >= 0.6 is 11.3 Å². The number of fused-ring (bicyclic) bond motifs is 1. The zero-order chi connectivity index (χ0) is 21.1. The Hall–Kier alpha value is -2.60. The molecule has 158 valence electrons. The van der Waals surface area contributed by atoms with Gasteiger partial charge in [-0.25, -0.2) is 0 Å². The molecule has 2 aromatic rings. The average Bonchev–Trinajstić information content (AvgIpc) is 3.20. The molecule has 0 spiro atoms. The van der Waals surface area contributed by atoms with E-state index in [0.29, 0.717) is 13.1 Å². The molecule has 1 aromatic carbocycles. The second kappa shape index (κ2) is 9.04. The van der Waals surface area contributed by atoms with Crippen LogP contribution in [0.25, 0.3) is 0 Å². The Kier molecular flexibility index (Phi) is 6.23. The van der Waals surface area contributed by atoms with Gasteiger partial charge < -0.3 is 14.5 Å². The van der Waals surface area contributed by atoms with Crippen molar-refractivity contribution in [1.82, 2.24) is 9.80 Å². The number of rotatable bonds is 7. The normalized spacial score (nSPS) is 18.3. The lowest BCUT2D eigenvalue weighted by molar-refractivity contribution is -0.145. The van der Waals surface area contributed by atoms with Crippen LogP contribution in [0.3, 0.4) is 0 Å². The zero-order valence-electron chi connectivity index (χ0n) is 17.4. The molecule has 0 radical (unpaired) electrons. The summed E-state index contributed by atoms with van der Waals surface area (Å²) in [4.78, 5) is 31.2. The second-order valence-electron chi connectivity index (χ2n) is 7.95. The highest BCUT2D eigenvalue weighted by molar-refractivity contribution is 7.10. The van der Waals surface area contributed by atoms with Crippen LogP contribution in [0.5, 0.6) is 5.75 Å². The van der Waals surface area contributed by atoms with Gasteiger partial charge in [0.1, 0.15) is 12.3 Å². The lowest BCUT2D eigenvalue weighted by atomic mass is 9.84. The SMILES string of the molecule is C=CCN(CC(=O)N1CCc2sccc2[C@H]1c1ccc(OC)cc1)C(=O)C1CCC1. The van der Waals surface area contributed by atoms with Gasteiger partial charge in [0.2, 0.25) is 11.8 Å². The predicted molar refractivity (Wildman–Crippen MR) is 119 cm³/mol. The standard InChI is InChI=1S/C24H28N2O3S/c1-3-13-25(24(28)18-5-4-6-18)16-22(27)26-14-11-21-20(12-15-30-21)23(26)17-7-9-19(29-2)10-8-17/h3,7-10,12,15,18,23H,1,4-6,11,13-14,16H2,2H3/t23-/m1/s1. The predicted octanol–water partition coefficient (Wildman–Crippen LogP) is 4.05. The molecule has 0 bridgehead atoms. The van der Waals surface area contributed by atoms with Crippen LogP contribution < -0.4 is 4.74 Å². The van der Waals surface area contributed by atoms with Crippen LogP contribution in [-0.4, -0.2) is 48.4 Å². The summed E-state index contributed by atoms with van der Waals surface area (Å²) in [5.41, 5.74) is 2.24. The van der Waals surface area contributed by atoms with E-state index in [-0.39, 0.29) is 30.3 Å². The van der Waals surface area contributed by atoms with Crippen molar-refractivity contribution in [2.24, 2.45) is 5.92 Å². The van der Waals surface area contributed by atoms with Crippen LogP contribution in [0.1, 0.15) is 41.3 Å². The number of carbonyl (C=O) groups excluding carboxylic acids is 2. The molecular formula is C24H28N2O3S. The monoisotopic (exact) mass is 424 g/mol. The highest BCUT2D eigenvalue weighted by Gasteiger charge is 2.35. The number of carbonyl (C=O) groups is 2. The lowest BCUT2D eigenvalue weighted by Crippen LogP contribution is -2.48. The van der Waals surface area contributed by atoms with Crippen molar-refractivity contribution < 1.29 is 14.3 Å². The second-order valence-corrected chi connectivity index (χ2v) is 8.95. The fraction of sp³-hybridized carbons (Fsp3) is 0.417. The van der Waals surface area contributed by atoms with E-state index in [1.807, 2.05) is 29.2 Å². The summed E-state index contributed by atoms with van der Waals surface area (Å²) in [5.74, 6) is 0.937. The number of amides is 2. The smallest absolute Gasteiger partial charge is 0.243 e. The quantitative estimate of drug-likeness (QED) is 0.630. The first-order chi connectivity index (χ1) is 14.6. The molecule has 2 aliphatic rings. The Morgan fingerprint density at radius 2 is 2.03 bits per heavy atom. The molecule has 1 aromatic heterocycles. The van der Waals surface area contributed by atoms with E-state index >= 15 is 0 Å². The number of nitrogens with zero attached hydrogens (tertiary/aromatic N) is 2. The summed E-state index contributed by atoms with van der Waals surface area (Å²) < 4.78 is 5.30. The van der Waals surface area contributed by atoms with Crippen molar-refractivity contribution in [3.05, 3.63) is 64.4 Å². The van der Waals surface area contributed by atoms with Gasteiger partial charge in [0.25, 0.3) is 0 Å². The van der Waals surface area contributed by atoms with Gasteiger partial charge in [-0.1, -0.05) is 24.6 Å². The molecular weight excluding hydrogens is 396 g/mol. The van der Waals surface area contributed by atoms with Gasteiger partial charge in [-0.2, -0.15) is 0 Å². The van der Waals surface area contributed by atoms with Crippen molar-refractivity contribution >= 4 is 23.2 Å². The number of methoxy groups -OCH3 is 1. The maximum atomic E-state index is 13.4. The third-order valence-corrected chi connectivity index (χ3v) is 7.16. The van der Waals surface area contributed by atoms with Gasteiger partial charge in [-0.15, -0.1) is 17.9 Å². The summed E-state index contributed by atoms with van der Waals surface area (Å²) >= 11 is 1.75. The number of benzene rings is 1. The van der Waals surface area contributed by atoms with Crippen molar-refractivity contribution in [2.45, 2.75) is 31.7 Å². The van der Waals surface area contributed by atoms with Crippen molar-refractivity contribution in [2.75, 3.05) is 26.7 Å². The lowest BCUT2D eigenvalue weighted by Gasteiger charge is -2.38. The Morgan fingerprint density at radius 1 is 1.27 bits per heavy atom. The van der Waals surface area contributed by atoms with Crippen molar-refractivity contribution in [1.29, 1.82) is 0 Å². The van der Waals surface area contributed by atoms with Gasteiger partial charge >= 0.3 is 0 Å². The summed E-state index contributed by atoms with van der Waals surface area (Å²) in [5, 5.41) is 2.10. The Morgan fingerprint density at radius 3 is 2.67 bits per heavy atom. The van der Waals surface area contributed by atoms with Crippen LogP contribution in [0.15, 0.2) is 48.4 Å². The Labute approximate surface area is 181 Å². The van der Waals surface area contributed by atoms with Crippen LogP contribution in [-0.2, 0) is 16.0 Å². The van der Waals surface area contributed by atoms with E-state index < -0.39 is 0 Å². The van der Waals surface area contributed by atoms with Crippen LogP contribution in [0, 0.1) is 5.92 Å². The molecule has 6 heteroatoms. The topological polar surface area (TPSA) is 49.9 Å². The fourth-order valence-electron chi connectivity index (χ4n) is 4.29. The minimum Gasteiger partial charge on any atom is -0.497 e. The van der Waals surface area contributed by atoms with E-state index in [9.17, 15) is 9.59 Å². The van der Waals surface area contributed by atoms with Gasteiger partial charge in [-0.3, -0.25) is 9.59 Å². The molecule has 1 aliphatic heterocycles. The maximum Gasteiger partial charge on any atom is 0.243 e. The summed E-state index contributed by atoms with van der Waals surface area (Å²) in [6.45, 7) is 4.95. The van der Waals surface area contributed by atoms with E-state index in [1.165, 1.54) is 10.4 Å². The van der Waals surface area contributed by atoms with Crippen molar-refractivity contribution in [3.8, 4) is 5.75 Å². The van der Waals surface area contributed by atoms with Gasteiger partial charge in [0, 0.05) is 23.9 Å². The summed E-state index contributed by atoms with van der Waals surface area (Å²) in [7, 11) is 1.65. The largest absolute Gasteiger partial charge is 0.497 e. The van der Waals surface area contributed by atoms with E-state index in [4.69, 9.17) is 4.74 Å². The first-order valence-corrected chi connectivity index (χ1v) is 11.4. The van der Waals surface area contributed by atoms with Crippen LogP contribution in [0.2, 0.25) is 0 Å². The van der Waals surface area contributed by atoms with Gasteiger partial charge in [0.05, 0.1) is 13.2 Å². The molecule has 0 N–H and O–H groups in total. The first-order valence-electron chi connectivity index (χ1n) is 10.5. The average molecular weight is 425 g/mol. The minimum atomic E-state index is -0.136. The number of thiophene rings is 1. The molecule has 1 aliphatic carbocycles. The number of ether oxygens (including phenoxy) is 1. The molecule has 1 atom stereocenters. The fourth-order valence-corrected chi connectivity index (χ4v) is 5.19. The van der Waals surface area contributed by atoms with Gasteiger partial charge in [0.15, 0.2) is 0 Å². The molecule has 30 heavy (non-hydrogen) atoms. The van der Waals surface area contributed by atoms with Gasteiger partial charge in [-0.05, 0) is 54.0 Å². The highest BCUT2D eigenvalue weighted by atomic mass is 32.1. The van der Waals surface area contributed by atoms with Crippen LogP contribution in [0.4, 0.5) is 0 Å². The first kappa shape index (κ1) is 20.7. The van der Waals surface area contributed by atoms with E-state index in [2.05, 4.69) is 18.0 Å². The van der Waals surface area contributed by atoms with E-state index in [0.717, 1.165) is 37.0 Å². The van der Waals surface area contributed by atoms with E-state index in [1.54, 1.807) is 29.4 Å². The highest BCUT2D eigenvalue weighted by Crippen LogP contribution is 2.38. The molecule has 2 amide bonds. The third-order valence-electron chi connectivity index (χ3n) is 6.16. The molecule has 0 saturated heterocycles. The molecule has 5 nitrogen and oxygen atoms in total. The minimum absolute atomic E-state index is 0.0119. The summed E-state index contributed by atoms with van der Waals surface area (Å²) in [6, 6.07) is 9.90. The number of hydrogen-bond donors (Lipinski definition) is 0. The van der Waals surface area contributed by atoms with Crippen molar-refractivity contribution in [3.63, 3.8) is 0 Å². The molecule has 1 saturated carbocycles. The molecule has 1 fully saturated rings. The Balaban J connectivity index is 1.59. The molecule has 0 unspecified atom stereocenters.